The summed E-state index contributed by atoms with van der Waals surface area (Å²) in [6, 6.07) is 26.4. The number of terminal acetylenes is 3. The summed E-state index contributed by atoms with van der Waals surface area (Å²) >= 11 is 0. The van der Waals surface area contributed by atoms with E-state index in [-0.39, 0.29) is 60.0 Å². The van der Waals surface area contributed by atoms with Crippen LogP contribution in [-0.4, -0.2) is 198 Å². The smallest absolute Gasteiger partial charge is 0.321 e. The van der Waals surface area contributed by atoms with Crippen molar-refractivity contribution < 1.29 is 36.6 Å². The van der Waals surface area contributed by atoms with Gasteiger partial charge in [-0.05, 0) is 207 Å². The molecule has 16 unspecified atom stereocenters. The van der Waals surface area contributed by atoms with Crippen molar-refractivity contribution in [3.05, 3.63) is 113 Å². The Morgan fingerprint density at radius 2 is 0.968 bits per heavy atom. The number of likely N-dealkylation sites (tertiary alicyclic amines) is 3. The van der Waals surface area contributed by atoms with Gasteiger partial charge < -0.3 is 44.6 Å². The second-order valence-corrected chi connectivity index (χ2v) is 38.5. The van der Waals surface area contributed by atoms with Crippen molar-refractivity contribution >= 4 is 35.2 Å². The predicted octanol–water partition coefficient (Wildman–Crippen LogP) is 17.8. The van der Waals surface area contributed by atoms with Crippen LogP contribution in [0.4, 0.5) is 45.6 Å². The molecule has 9 aliphatic rings. The van der Waals surface area contributed by atoms with Crippen molar-refractivity contribution in [1.82, 2.24) is 45.1 Å². The molecule has 5 aromatic rings. The molecule has 0 spiro atoms. The SMILES string of the molecule is C#Cc1ccc(N2CCC(C(C)C)C(C)C2)nn1.C#Cc1ccc(N2CCC(C(C)C)C(F)C2)nc1.C#Cc1ccc(N2CCC(C(C)C)C(F)C2)nc1.CC(C)C1CN(C(=O)N2CC(F)CC2C#N)CCC1C.CC(C)C1CN(C2(CC#N)COC2)CCC1C.CC(C)C1COc2ccccc2C1C(N)=O.Cc1ccc(N2CCC(C(C)C)C(F)C2)nn1. The van der Waals surface area contributed by atoms with E-state index in [1.807, 2.05) is 105 Å². The lowest BCUT2D eigenvalue weighted by atomic mass is 9.77. The quantitative estimate of drug-likeness (QED) is 0.0805. The van der Waals surface area contributed by atoms with Gasteiger partial charge in [0.05, 0.1) is 81.7 Å². The number of primary amides is 1. The Labute approximate surface area is 740 Å². The number of ether oxygens (including phenoxy) is 2. The minimum absolute atomic E-state index is 0.0437. The van der Waals surface area contributed by atoms with Gasteiger partial charge in [0, 0.05) is 93.8 Å². The zero-order valence-corrected chi connectivity index (χ0v) is 77.5. The molecule has 2 N–H and O–H groups in total. The molecule has 0 saturated carbocycles. The lowest BCUT2D eigenvalue weighted by Crippen LogP contribution is -2.65. The summed E-state index contributed by atoms with van der Waals surface area (Å²) < 4.78 is 66.7. The molecule has 14 rings (SSSR count). The van der Waals surface area contributed by atoms with Crippen LogP contribution >= 0.6 is 0 Å². The number of benzene rings is 1. The van der Waals surface area contributed by atoms with Crippen molar-refractivity contribution in [3.8, 4) is 54.9 Å². The van der Waals surface area contributed by atoms with Crippen molar-refractivity contribution in [2.24, 2.45) is 106 Å². The third-order valence-corrected chi connectivity index (χ3v) is 27.6. The molecule has 20 nitrogen and oxygen atoms in total. The highest BCUT2D eigenvalue weighted by molar-refractivity contribution is 5.83. The monoisotopic (exact) mass is 1710 g/mol. The van der Waals surface area contributed by atoms with E-state index >= 15 is 0 Å². The van der Waals surface area contributed by atoms with Crippen LogP contribution < -0.4 is 30.1 Å². The molecule has 0 aliphatic carbocycles. The number of aromatic nitrogens is 6. The number of amides is 3. The van der Waals surface area contributed by atoms with Crippen molar-refractivity contribution in [3.63, 3.8) is 0 Å². The number of anilines is 4. The number of rotatable bonds is 14. The van der Waals surface area contributed by atoms with Crippen molar-refractivity contribution in [2.45, 2.75) is 218 Å². The van der Waals surface area contributed by atoms with Gasteiger partial charge in [-0.3, -0.25) is 9.69 Å². The summed E-state index contributed by atoms with van der Waals surface area (Å²) in [6.07, 6.45) is 22.7. The summed E-state index contributed by atoms with van der Waals surface area (Å²) in [4.78, 5) is 46.8. The Hall–Kier alpha value is -9.28. The average Bonchev–Trinajstić information content (AvgIpc) is 1.03. The van der Waals surface area contributed by atoms with E-state index in [1.165, 1.54) is 17.7 Å². The van der Waals surface area contributed by atoms with Gasteiger partial charge in [0.2, 0.25) is 5.91 Å². The van der Waals surface area contributed by atoms with Gasteiger partial charge in [-0.25, -0.2) is 32.3 Å². The van der Waals surface area contributed by atoms with Crippen LogP contribution in [0.5, 0.6) is 5.75 Å². The molecule has 8 fully saturated rings. The van der Waals surface area contributed by atoms with E-state index in [2.05, 4.69) is 182 Å². The number of hydrogen-bond acceptors (Lipinski definition) is 17. The van der Waals surface area contributed by atoms with Crippen LogP contribution in [0.3, 0.4) is 0 Å². The maximum atomic E-state index is 14.1. The summed E-state index contributed by atoms with van der Waals surface area (Å²) in [6.45, 7) is 51.1. The molecule has 8 saturated heterocycles. The maximum absolute atomic E-state index is 14.1. The highest BCUT2D eigenvalue weighted by atomic mass is 19.1. The number of nitriles is 2. The Balaban J connectivity index is 0.000000180. The summed E-state index contributed by atoms with van der Waals surface area (Å²) in [5, 5.41) is 34.4. The molecule has 13 heterocycles. The minimum Gasteiger partial charge on any atom is -0.493 e. The number of hydrogen-bond donors (Lipinski definition) is 1. The number of fused-ring (bicyclic) bond motifs is 1. The molecular formula is C100H144F4N16O4. The minimum atomic E-state index is -1.06. The van der Waals surface area contributed by atoms with Crippen LogP contribution in [-0.2, 0) is 9.53 Å². The Kier molecular flexibility index (Phi) is 38.7. The molecule has 3 amide bonds. The fourth-order valence-electron chi connectivity index (χ4n) is 19.5. The molecule has 24 heteroatoms. The number of nitrogens with zero attached hydrogens (tertiary/aromatic N) is 15. The third kappa shape index (κ3) is 27.4. The first-order chi connectivity index (χ1) is 59.0. The van der Waals surface area contributed by atoms with Gasteiger partial charge >= 0.3 is 6.03 Å². The molecule has 124 heavy (non-hydrogen) atoms. The van der Waals surface area contributed by atoms with Gasteiger partial charge in [0.1, 0.15) is 53.8 Å². The van der Waals surface area contributed by atoms with Crippen LogP contribution in [0.1, 0.15) is 203 Å². The predicted molar refractivity (Wildman–Crippen MR) is 490 cm³/mol. The number of urea groups is 1. The second-order valence-electron chi connectivity index (χ2n) is 38.5. The van der Waals surface area contributed by atoms with Crippen LogP contribution in [0.25, 0.3) is 0 Å². The number of nitrogens with two attached hydrogens (primary N) is 1. The normalized spacial score (nSPS) is 27.1. The van der Waals surface area contributed by atoms with Crippen LogP contribution in [0, 0.1) is 167 Å². The van der Waals surface area contributed by atoms with E-state index in [1.54, 1.807) is 12.4 Å². The number of aryl methyl sites for hydroxylation is 1. The number of piperidine rings is 6. The largest absolute Gasteiger partial charge is 0.493 e. The first kappa shape index (κ1) is 100. The molecule has 676 valence electrons. The van der Waals surface area contributed by atoms with Gasteiger partial charge in [0.15, 0.2) is 11.6 Å². The molecule has 0 radical (unpaired) electrons. The third-order valence-electron chi connectivity index (χ3n) is 27.6. The highest BCUT2D eigenvalue weighted by Gasteiger charge is 2.48. The topological polar surface area (TPSA) is 226 Å². The fourth-order valence-corrected chi connectivity index (χ4v) is 19.5. The lowest BCUT2D eigenvalue weighted by Gasteiger charge is -2.53. The number of alkyl halides is 4. The summed E-state index contributed by atoms with van der Waals surface area (Å²) in [5.74, 6) is 19.8. The number of pyridine rings is 2. The number of carbonyl (C=O) groups is 2. The summed E-state index contributed by atoms with van der Waals surface area (Å²) in [5.41, 5.74) is 9.50. The van der Waals surface area contributed by atoms with Gasteiger partial charge in [0.25, 0.3) is 0 Å². The summed E-state index contributed by atoms with van der Waals surface area (Å²) in [7, 11) is 0. The molecule has 0 bridgehead atoms. The van der Waals surface area contributed by atoms with Crippen LogP contribution in [0.2, 0.25) is 0 Å². The first-order valence-electron chi connectivity index (χ1n) is 45.7. The van der Waals surface area contributed by atoms with Gasteiger partial charge in [-0.15, -0.1) is 34.6 Å². The highest BCUT2D eigenvalue weighted by Crippen LogP contribution is 2.42. The fraction of sp³-hybridized carbons (Fsp3) is 0.660. The van der Waals surface area contributed by atoms with Crippen LogP contribution in [0.15, 0.2) is 85.2 Å². The zero-order chi connectivity index (χ0) is 90.8. The van der Waals surface area contributed by atoms with Crippen molar-refractivity contribution in [2.75, 3.05) is 125 Å². The maximum Gasteiger partial charge on any atom is 0.321 e. The molecule has 9 aliphatic heterocycles. The van der Waals surface area contributed by atoms with E-state index in [0.29, 0.717) is 85.7 Å². The Morgan fingerprint density at radius 1 is 0.508 bits per heavy atom. The number of carbonyl (C=O) groups excluding carboxylic acids is 2. The lowest BCUT2D eigenvalue weighted by molar-refractivity contribution is -0.154. The van der Waals surface area contributed by atoms with Crippen molar-refractivity contribution in [1.29, 1.82) is 10.5 Å². The molecule has 4 aromatic heterocycles. The first-order valence-corrected chi connectivity index (χ1v) is 45.7. The van der Waals surface area contributed by atoms with E-state index in [4.69, 9.17) is 45.0 Å². The number of para-hydroxylation sites is 1. The number of halogens is 4. The second kappa shape index (κ2) is 47.9. The Morgan fingerprint density at radius 3 is 1.37 bits per heavy atom. The van der Waals surface area contributed by atoms with Gasteiger partial charge in [-0.1, -0.05) is 148 Å². The standard InChI is InChI=1S/C15H24FN3O.2C15H19FN2.C15H21N3.C14H24N2O.C13H20FN3.C13H17NO2/c1-10(2)14-9-18(5-4-11(14)3)15(20)19-8-12(16)6-13(19)7-17;2*1-4-12-5-6-15(17-9-12)18-8-7-13(11(2)3)14(16)10-18;1-5-13-6-7-15(17-16-13)18-9-8-14(11(2)3)12(4)10-18;1-11(2)13-8-16(7-4-12(13)3)14(5-6-15)9-17-10-14;1-9(2)11-6-7-17(8-12(11)14)13-5-4-10(3)15-16-13;1-8(2)10-7-16-11-6-4-3-5-9(11)12(10)13(14)15/h10-14H,4-6,8-9H2,1-3H3;2*1,5-6,9,11,13-14H,7-8,10H2,2-3H3;1,6-7,11-12,14H,8-10H2,2-4H3;11-13H,4-5,7-10H2,1-3H3;4-5,9,11-12H,6-8H2,1-3H3;3-6,8,10,12H,7H2,1-2H3,(H2,14,15). The van der Waals surface area contributed by atoms with E-state index in [0.717, 1.165) is 179 Å². The van der Waals surface area contributed by atoms with E-state index in [9.17, 15) is 27.2 Å². The molecule has 1 aromatic carbocycles. The molecule has 16 atom stereocenters. The molecular weight excluding hydrogens is 1570 g/mol. The van der Waals surface area contributed by atoms with Gasteiger partial charge in [-0.2, -0.15) is 15.6 Å². The average molecular weight is 1710 g/mol. The van der Waals surface area contributed by atoms with E-state index < -0.39 is 30.7 Å². The zero-order valence-electron chi connectivity index (χ0n) is 77.5. The Bertz CT molecular complexity index is 4100.